The van der Waals surface area contributed by atoms with Crippen LogP contribution in [-0.2, 0) is 0 Å². The third-order valence-electron chi connectivity index (χ3n) is 10.9. The van der Waals surface area contributed by atoms with E-state index in [2.05, 4.69) is 231 Å². The molecule has 10 aromatic rings. The van der Waals surface area contributed by atoms with E-state index in [1.54, 1.807) is 0 Å². The first-order chi connectivity index (χ1) is 29.1. The number of nitrogens with zero attached hydrogens (tertiary/aromatic N) is 2. The lowest BCUT2D eigenvalue weighted by molar-refractivity contribution is 1.17. The fraction of sp³-hybridized carbons (Fsp3) is 0.0189. The van der Waals surface area contributed by atoms with Gasteiger partial charge in [-0.2, -0.15) is 0 Å². The van der Waals surface area contributed by atoms with Crippen LogP contribution in [0.4, 0.5) is 34.6 Å². The van der Waals surface area contributed by atoms with Gasteiger partial charge in [0.1, 0.15) is 23.3 Å². The topological polar surface area (TPSA) is 69.6 Å². The van der Waals surface area contributed by atoms with Crippen molar-refractivity contribution >= 4 is 34.6 Å². The molecule has 4 aromatic heterocycles. The van der Waals surface area contributed by atoms with Crippen LogP contribution in [0.5, 0.6) is 0 Å². The highest BCUT2D eigenvalue weighted by Gasteiger charge is 2.20. The Balaban J connectivity index is 0.976. The lowest BCUT2D eigenvalue weighted by atomic mass is 10.0. The molecule has 0 saturated heterocycles. The Morgan fingerprint density at radius 3 is 0.966 bits per heavy atom. The second-order valence-electron chi connectivity index (χ2n) is 14.7. The predicted octanol–water partition coefficient (Wildman–Crippen LogP) is 14.6. The van der Waals surface area contributed by atoms with Gasteiger partial charge in [0.15, 0.2) is 0 Å². The Morgan fingerprint density at radius 2 is 0.593 bits per heavy atom. The highest BCUT2D eigenvalue weighted by molar-refractivity contribution is 5.82. The lowest BCUT2D eigenvalue weighted by Crippen LogP contribution is -2.11. The number of nitrogens with one attached hydrogen (secondary N) is 4. The number of aryl methyl sites for hydroxylation is 1. The normalized spacial score (nSPS) is 11.1. The monoisotopic (exact) mass is 762 g/mol. The lowest BCUT2D eigenvalue weighted by Gasteiger charge is -2.23. The summed E-state index contributed by atoms with van der Waals surface area (Å²) >= 11 is 0. The first-order valence-corrected chi connectivity index (χ1v) is 19.9. The summed E-state index contributed by atoms with van der Waals surface area (Å²) in [6, 6.07) is 74.6. The zero-order chi connectivity index (χ0) is 39.5. The Morgan fingerprint density at radius 1 is 0.271 bits per heavy atom. The Kier molecular flexibility index (Phi) is 9.33. The minimum absolute atomic E-state index is 0.970. The molecule has 284 valence electrons. The number of H-pyrrole nitrogens is 4. The van der Waals surface area contributed by atoms with Crippen LogP contribution in [0.15, 0.2) is 212 Å². The molecular formula is C53H42N6. The number of aromatic nitrogens is 4. The molecule has 6 aromatic carbocycles. The van der Waals surface area contributed by atoms with Gasteiger partial charge in [0, 0.05) is 39.7 Å². The summed E-state index contributed by atoms with van der Waals surface area (Å²) in [7, 11) is 0. The van der Waals surface area contributed by atoms with Crippen LogP contribution in [0.25, 0.3) is 56.2 Å². The molecule has 0 amide bonds. The standard InChI is InChI=1S/C53H42N6/c1-37-13-11-12-20-45(37)49-32-36-53(57-49)59(52-35-31-48(56-52)42-18-9-4-10-19-42)44-27-23-39(24-28-44)38-21-25-43(26-22-38)58(50-33-29-46(54-50)40-14-5-2-6-15-40)51-34-30-47(55-51)41-16-7-3-8-17-41/h2-36,54-57H,1H3. The van der Waals surface area contributed by atoms with Crippen LogP contribution in [0, 0.1) is 6.92 Å². The molecule has 0 aliphatic carbocycles. The summed E-state index contributed by atoms with van der Waals surface area (Å²) in [6.07, 6.45) is 0. The van der Waals surface area contributed by atoms with E-state index in [9.17, 15) is 0 Å². The van der Waals surface area contributed by atoms with Crippen LogP contribution in [0.2, 0.25) is 0 Å². The van der Waals surface area contributed by atoms with Crippen molar-refractivity contribution in [3.05, 3.63) is 218 Å². The van der Waals surface area contributed by atoms with Crippen molar-refractivity contribution in [1.29, 1.82) is 0 Å². The molecule has 0 fully saturated rings. The molecule has 0 radical (unpaired) electrons. The van der Waals surface area contributed by atoms with E-state index in [0.29, 0.717) is 0 Å². The predicted molar refractivity (Wildman–Crippen MR) is 245 cm³/mol. The van der Waals surface area contributed by atoms with Gasteiger partial charge < -0.3 is 19.9 Å². The average molecular weight is 763 g/mol. The largest absolute Gasteiger partial charge is 0.341 e. The van der Waals surface area contributed by atoms with Gasteiger partial charge >= 0.3 is 0 Å². The van der Waals surface area contributed by atoms with Crippen LogP contribution < -0.4 is 9.80 Å². The number of benzene rings is 6. The van der Waals surface area contributed by atoms with Crippen molar-refractivity contribution in [1.82, 2.24) is 19.9 Å². The summed E-state index contributed by atoms with van der Waals surface area (Å²) in [4.78, 5) is 19.3. The van der Waals surface area contributed by atoms with Gasteiger partial charge in [-0.3, -0.25) is 9.80 Å². The van der Waals surface area contributed by atoms with Crippen molar-refractivity contribution in [2.24, 2.45) is 0 Å². The van der Waals surface area contributed by atoms with Crippen molar-refractivity contribution in [2.45, 2.75) is 6.92 Å². The number of rotatable bonds is 11. The molecule has 0 aliphatic rings. The highest BCUT2D eigenvalue weighted by Crippen LogP contribution is 2.40. The second-order valence-corrected chi connectivity index (χ2v) is 14.7. The first kappa shape index (κ1) is 35.5. The summed E-state index contributed by atoms with van der Waals surface area (Å²) in [5.74, 6) is 3.88. The fourth-order valence-corrected chi connectivity index (χ4v) is 7.87. The Hall–Kier alpha value is -7.96. The van der Waals surface area contributed by atoms with Gasteiger partial charge in [-0.25, -0.2) is 0 Å². The van der Waals surface area contributed by atoms with Gasteiger partial charge in [-0.15, -0.1) is 0 Å². The molecule has 0 bridgehead atoms. The third kappa shape index (κ3) is 7.16. The van der Waals surface area contributed by atoms with Crippen LogP contribution in [-0.4, -0.2) is 19.9 Å². The molecule has 0 unspecified atom stereocenters. The van der Waals surface area contributed by atoms with Crippen molar-refractivity contribution in [3.63, 3.8) is 0 Å². The van der Waals surface area contributed by atoms with E-state index in [0.717, 1.165) is 85.2 Å². The Labute approximate surface area is 344 Å². The molecule has 0 saturated carbocycles. The number of hydrogen-bond acceptors (Lipinski definition) is 2. The van der Waals surface area contributed by atoms with E-state index in [1.807, 2.05) is 18.2 Å². The van der Waals surface area contributed by atoms with Crippen LogP contribution in [0.3, 0.4) is 0 Å². The maximum atomic E-state index is 3.72. The average Bonchev–Trinajstić information content (AvgIpc) is 4.15. The Bertz CT molecular complexity index is 2860. The molecule has 0 atom stereocenters. The minimum atomic E-state index is 0.970. The molecule has 6 heteroatoms. The third-order valence-corrected chi connectivity index (χ3v) is 10.9. The van der Waals surface area contributed by atoms with Crippen molar-refractivity contribution < 1.29 is 0 Å². The second kappa shape index (κ2) is 15.5. The summed E-state index contributed by atoms with van der Waals surface area (Å²) in [6.45, 7) is 2.15. The number of anilines is 6. The van der Waals surface area contributed by atoms with Gasteiger partial charge in [0.2, 0.25) is 0 Å². The molecule has 4 heterocycles. The maximum absolute atomic E-state index is 3.72. The van der Waals surface area contributed by atoms with Gasteiger partial charge in [0.05, 0.1) is 0 Å². The van der Waals surface area contributed by atoms with Gasteiger partial charge in [0.25, 0.3) is 0 Å². The molecule has 0 spiro atoms. The molecule has 0 aliphatic heterocycles. The van der Waals surface area contributed by atoms with Crippen molar-refractivity contribution in [3.8, 4) is 56.2 Å². The molecule has 4 N–H and O–H groups in total. The fourth-order valence-electron chi connectivity index (χ4n) is 7.87. The highest BCUT2D eigenvalue weighted by atomic mass is 15.3. The quantitative estimate of drug-likeness (QED) is 0.106. The van der Waals surface area contributed by atoms with E-state index in [1.165, 1.54) is 11.1 Å². The van der Waals surface area contributed by atoms with Crippen molar-refractivity contribution in [2.75, 3.05) is 9.80 Å². The zero-order valence-corrected chi connectivity index (χ0v) is 32.6. The molecule has 6 nitrogen and oxygen atoms in total. The SMILES string of the molecule is Cc1ccccc1-c1ccc(N(c2ccc(-c3ccc(N(c4ccc(-c5ccccc5)[nH]4)c4ccc(-c5ccccc5)[nH]4)cc3)cc2)c2ccc(-c3ccccc3)[nH]2)[nH]1. The van der Waals surface area contributed by atoms with E-state index < -0.39 is 0 Å². The van der Waals surface area contributed by atoms with E-state index in [4.69, 9.17) is 0 Å². The molecular weight excluding hydrogens is 721 g/mol. The van der Waals surface area contributed by atoms with Gasteiger partial charge in [-0.05, 0) is 113 Å². The zero-order valence-electron chi connectivity index (χ0n) is 32.6. The smallest absolute Gasteiger partial charge is 0.116 e. The van der Waals surface area contributed by atoms with E-state index in [-0.39, 0.29) is 0 Å². The van der Waals surface area contributed by atoms with Crippen LogP contribution >= 0.6 is 0 Å². The van der Waals surface area contributed by atoms with Gasteiger partial charge in [-0.1, -0.05) is 140 Å². The minimum Gasteiger partial charge on any atom is -0.341 e. The van der Waals surface area contributed by atoms with Crippen LogP contribution in [0.1, 0.15) is 5.56 Å². The summed E-state index contributed by atoms with van der Waals surface area (Å²) in [5, 5.41) is 0. The van der Waals surface area contributed by atoms with E-state index >= 15 is 0 Å². The first-order valence-electron chi connectivity index (χ1n) is 19.9. The maximum Gasteiger partial charge on any atom is 0.116 e. The summed E-state index contributed by atoms with van der Waals surface area (Å²) < 4.78 is 0. The number of aromatic amines is 4. The molecule has 59 heavy (non-hydrogen) atoms. The molecule has 10 rings (SSSR count). The summed E-state index contributed by atoms with van der Waals surface area (Å²) in [5.41, 5.74) is 14.5. The number of hydrogen-bond donors (Lipinski definition) is 4.